The van der Waals surface area contributed by atoms with Gasteiger partial charge < -0.3 is 34.0 Å². The van der Waals surface area contributed by atoms with E-state index in [0.717, 1.165) is 11.4 Å². The number of nitrogens with two attached hydrogens (primary N) is 1. The summed E-state index contributed by atoms with van der Waals surface area (Å²) < 4.78 is 25.0. The number of hydrazine groups is 1. The number of ketones is 1. The van der Waals surface area contributed by atoms with Crippen LogP contribution in [0, 0.1) is 29.1 Å². The van der Waals surface area contributed by atoms with Gasteiger partial charge in [-0.05, 0) is 66.0 Å². The highest BCUT2D eigenvalue weighted by molar-refractivity contribution is 6.00. The topological polar surface area (TPSA) is 154 Å². The standard InChI is InChI=1S/C32H57N5O8/c1-16-15-31(7,8)27(45-29-25(41-12)22(36(10)11)14-17(2)43-29)19(4)24(38)20(5)28(39)44-21(6)32(9)26(37(33)30(40)34-32)18(3)23(16)35-42-13/h16-22,25-27,29H,14-15,33H2,1-13H3,(H,34,40)/b35-23-/t16?,17-,18?,19+,20-,21-,22?,25?,26?,27?,29?,32?/m1/s1. The van der Waals surface area contributed by atoms with E-state index in [9.17, 15) is 14.4 Å². The third-order valence-corrected chi connectivity index (χ3v) is 10.4. The Bertz CT molecular complexity index is 1120. The number of nitrogens with zero attached hydrogens (tertiary/aromatic N) is 3. The Hall–Kier alpha value is -2.32. The van der Waals surface area contributed by atoms with Gasteiger partial charge in [0.05, 0.1) is 29.5 Å². The molecule has 0 radical (unpaired) electrons. The van der Waals surface area contributed by atoms with E-state index in [0.29, 0.717) is 12.1 Å². The molecule has 3 fully saturated rings. The van der Waals surface area contributed by atoms with Crippen LogP contribution in [0.15, 0.2) is 5.16 Å². The molecule has 2 amide bonds. The lowest BCUT2D eigenvalue weighted by atomic mass is 9.69. The van der Waals surface area contributed by atoms with Crippen LogP contribution in [-0.4, -0.2) is 110 Å². The summed E-state index contributed by atoms with van der Waals surface area (Å²) in [6, 6.07) is -1.11. The van der Waals surface area contributed by atoms with Crippen molar-refractivity contribution in [1.29, 1.82) is 0 Å². The molecule has 3 heterocycles. The predicted octanol–water partition coefficient (Wildman–Crippen LogP) is 2.96. The third-order valence-electron chi connectivity index (χ3n) is 10.4. The van der Waals surface area contributed by atoms with Crippen LogP contribution in [0.5, 0.6) is 0 Å². The molecular weight excluding hydrogens is 582 g/mol. The van der Waals surface area contributed by atoms with E-state index >= 15 is 0 Å². The summed E-state index contributed by atoms with van der Waals surface area (Å²) in [5.41, 5.74) is -1.04. The van der Waals surface area contributed by atoms with Gasteiger partial charge in [0, 0.05) is 25.0 Å². The lowest BCUT2D eigenvalue weighted by molar-refractivity contribution is -0.289. The van der Waals surface area contributed by atoms with Gasteiger partial charge in [0.1, 0.15) is 25.2 Å². The fraction of sp³-hybridized carbons (Fsp3) is 0.875. The van der Waals surface area contributed by atoms with E-state index in [1.165, 1.54) is 7.11 Å². The first kappa shape index (κ1) is 37.1. The Balaban J connectivity index is 2.13. The van der Waals surface area contributed by atoms with E-state index in [4.69, 9.17) is 29.6 Å². The van der Waals surface area contributed by atoms with Crippen LogP contribution in [0.2, 0.25) is 0 Å². The van der Waals surface area contributed by atoms with Gasteiger partial charge >= 0.3 is 12.0 Å². The van der Waals surface area contributed by atoms with Crippen LogP contribution in [0.25, 0.3) is 0 Å². The molecule has 3 N–H and O–H groups in total. The number of oxime groups is 1. The molecular formula is C32H57N5O8. The molecule has 13 nitrogen and oxygen atoms in total. The average molecular weight is 640 g/mol. The number of urea groups is 1. The number of likely N-dealkylation sites (N-methyl/N-ethyl adjacent to an activating group) is 1. The van der Waals surface area contributed by atoms with Gasteiger partial charge in [0.2, 0.25) is 0 Å². The lowest BCUT2D eigenvalue weighted by Crippen LogP contribution is -2.61. The van der Waals surface area contributed by atoms with Crippen LogP contribution in [-0.2, 0) is 33.4 Å². The maximum Gasteiger partial charge on any atom is 0.332 e. The second-order valence-corrected chi connectivity index (χ2v) is 14.5. The van der Waals surface area contributed by atoms with Crippen LogP contribution >= 0.6 is 0 Å². The van der Waals surface area contributed by atoms with Crippen LogP contribution in [0.3, 0.4) is 0 Å². The number of ether oxygens (including phenoxy) is 4. The molecule has 0 aromatic rings. The molecule has 3 rings (SSSR count). The van der Waals surface area contributed by atoms with Gasteiger partial charge in [0.25, 0.3) is 0 Å². The molecule has 13 heteroatoms. The minimum absolute atomic E-state index is 0.0308. The number of fused-ring (bicyclic) bond motifs is 1. The number of cyclic esters (lactones) is 1. The van der Waals surface area contributed by atoms with Gasteiger partial charge in [0.15, 0.2) is 12.1 Å². The molecule has 0 aromatic carbocycles. The molecule has 0 saturated carbocycles. The fourth-order valence-corrected chi connectivity index (χ4v) is 7.87. The summed E-state index contributed by atoms with van der Waals surface area (Å²) in [6.07, 6.45) is -1.48. The van der Waals surface area contributed by atoms with E-state index in [1.807, 2.05) is 48.7 Å². The molecule has 258 valence electrons. The first-order valence-corrected chi connectivity index (χ1v) is 16.0. The first-order chi connectivity index (χ1) is 20.8. The van der Waals surface area contributed by atoms with Crippen molar-refractivity contribution in [2.24, 2.45) is 40.1 Å². The minimum atomic E-state index is -1.08. The molecule has 0 bridgehead atoms. The number of esters is 1. The summed E-state index contributed by atoms with van der Waals surface area (Å²) in [6.45, 7) is 16.9. The van der Waals surface area contributed by atoms with E-state index in [1.54, 1.807) is 34.8 Å². The number of Topliss-reactive ketones (excluding diaryl/α,β-unsaturated/α-hetero) is 1. The molecule has 3 aliphatic rings. The normalized spacial score (nSPS) is 42.6. The van der Waals surface area contributed by atoms with Crippen molar-refractivity contribution in [3.63, 3.8) is 0 Å². The number of nitrogens with one attached hydrogen (secondary N) is 1. The SMILES string of the molecule is CO/N=C1/C(C)CC(C)(C)C(OC2O[C@H](C)CC(N(C)C)C2OC)[C@@H](C)C(=O)[C@@H](C)C(=O)O[C@H](C)C2(C)NC(=O)N(N)C2C1C. The lowest BCUT2D eigenvalue weighted by Gasteiger charge is -2.47. The summed E-state index contributed by atoms with van der Waals surface area (Å²) in [7, 11) is 7.11. The Morgan fingerprint density at radius 2 is 1.64 bits per heavy atom. The Kier molecular flexibility index (Phi) is 11.7. The monoisotopic (exact) mass is 639 g/mol. The maximum absolute atomic E-state index is 14.1. The number of rotatable bonds is 5. The van der Waals surface area contributed by atoms with Crippen molar-refractivity contribution < 1.29 is 38.2 Å². The quantitative estimate of drug-likeness (QED) is 0.151. The van der Waals surface area contributed by atoms with Crippen molar-refractivity contribution in [1.82, 2.24) is 15.2 Å². The molecule has 3 aliphatic heterocycles. The molecule has 45 heavy (non-hydrogen) atoms. The van der Waals surface area contributed by atoms with E-state index in [2.05, 4.69) is 15.4 Å². The van der Waals surface area contributed by atoms with Crippen molar-refractivity contribution in [2.45, 2.75) is 123 Å². The molecule has 0 spiro atoms. The van der Waals surface area contributed by atoms with Crippen molar-refractivity contribution in [2.75, 3.05) is 28.3 Å². The van der Waals surface area contributed by atoms with Gasteiger partial charge in [-0.15, -0.1) is 0 Å². The largest absolute Gasteiger partial charge is 0.460 e. The van der Waals surface area contributed by atoms with Crippen LogP contribution in [0.1, 0.15) is 75.2 Å². The molecule has 0 aromatic heterocycles. The number of methoxy groups -OCH3 is 1. The second-order valence-electron chi connectivity index (χ2n) is 14.5. The fourth-order valence-electron chi connectivity index (χ4n) is 7.87. The van der Waals surface area contributed by atoms with Crippen molar-refractivity contribution in [3.05, 3.63) is 0 Å². The molecule has 12 atom stereocenters. The highest BCUT2D eigenvalue weighted by atomic mass is 16.7. The summed E-state index contributed by atoms with van der Waals surface area (Å²) >= 11 is 0. The van der Waals surface area contributed by atoms with Crippen LogP contribution in [0.4, 0.5) is 4.79 Å². The Labute approximate surface area is 268 Å². The molecule has 8 unspecified atom stereocenters. The van der Waals surface area contributed by atoms with E-state index < -0.39 is 71.4 Å². The van der Waals surface area contributed by atoms with Gasteiger partial charge in [-0.25, -0.2) is 10.6 Å². The zero-order valence-electron chi connectivity index (χ0n) is 29.5. The summed E-state index contributed by atoms with van der Waals surface area (Å²) in [4.78, 5) is 48.0. The highest BCUT2D eigenvalue weighted by Crippen LogP contribution is 2.42. The Morgan fingerprint density at radius 1 is 1.02 bits per heavy atom. The van der Waals surface area contributed by atoms with Crippen molar-refractivity contribution in [3.8, 4) is 0 Å². The number of hydrogen-bond donors (Lipinski definition) is 2. The number of carbonyl (C=O) groups excluding carboxylic acids is 3. The molecule has 0 aliphatic carbocycles. The minimum Gasteiger partial charge on any atom is -0.460 e. The second kappa shape index (κ2) is 14.2. The number of hydrogen-bond acceptors (Lipinski definition) is 11. The zero-order valence-corrected chi connectivity index (χ0v) is 29.5. The smallest absolute Gasteiger partial charge is 0.332 e. The zero-order chi connectivity index (χ0) is 34.2. The van der Waals surface area contributed by atoms with Gasteiger partial charge in [-0.2, -0.15) is 0 Å². The summed E-state index contributed by atoms with van der Waals surface area (Å²) in [5, 5.41) is 8.52. The summed E-state index contributed by atoms with van der Waals surface area (Å²) in [5.74, 6) is 2.97. The average Bonchev–Trinajstić information content (AvgIpc) is 3.19. The van der Waals surface area contributed by atoms with Gasteiger partial charge in [-0.3, -0.25) is 14.6 Å². The van der Waals surface area contributed by atoms with E-state index in [-0.39, 0.29) is 23.8 Å². The predicted molar refractivity (Wildman–Crippen MR) is 169 cm³/mol. The first-order valence-electron chi connectivity index (χ1n) is 16.0. The van der Waals surface area contributed by atoms with Crippen LogP contribution < -0.4 is 11.2 Å². The third kappa shape index (κ3) is 7.32. The van der Waals surface area contributed by atoms with Gasteiger partial charge in [-0.1, -0.05) is 39.8 Å². The van der Waals surface area contributed by atoms with Crippen molar-refractivity contribution >= 4 is 23.5 Å². The highest BCUT2D eigenvalue weighted by Gasteiger charge is 2.57. The molecule has 3 saturated heterocycles. The maximum atomic E-state index is 14.1. The number of carbonyl (C=O) groups is 3. The Morgan fingerprint density at radius 3 is 2.20 bits per heavy atom. The number of amides is 2.